The number of hydrogen-bond acceptors (Lipinski definition) is 5. The maximum atomic E-state index is 12.3. The molecular formula is C12H14BrN3O3S. The fourth-order valence-electron chi connectivity index (χ4n) is 1.68. The van der Waals surface area contributed by atoms with E-state index < -0.39 is 10.0 Å². The smallest absolute Gasteiger partial charge is 0.266 e. The molecule has 0 bridgehead atoms. The van der Waals surface area contributed by atoms with Gasteiger partial charge in [-0.3, -0.25) is 9.71 Å². The minimum Gasteiger partial charge on any atom is -0.452 e. The Bertz CT molecular complexity index is 740. The van der Waals surface area contributed by atoms with Gasteiger partial charge in [0.25, 0.3) is 10.0 Å². The predicted molar refractivity (Wildman–Crippen MR) is 78.8 cm³/mol. The minimum absolute atomic E-state index is 0.0120. The molecule has 0 aliphatic heterocycles. The van der Waals surface area contributed by atoms with Crippen LogP contribution in [0.1, 0.15) is 17.1 Å². The molecule has 3 N–H and O–H groups in total. The van der Waals surface area contributed by atoms with Gasteiger partial charge in [-0.2, -0.15) is 0 Å². The second kappa shape index (κ2) is 5.55. The van der Waals surface area contributed by atoms with E-state index in [1.54, 1.807) is 19.1 Å². The lowest BCUT2D eigenvalue weighted by atomic mass is 10.3. The quantitative estimate of drug-likeness (QED) is 0.872. The Morgan fingerprint density at radius 1 is 1.40 bits per heavy atom. The van der Waals surface area contributed by atoms with Gasteiger partial charge in [-0.15, -0.1) is 0 Å². The third-order valence-electron chi connectivity index (χ3n) is 2.67. The SMILES string of the molecule is Cc1ccc(NS(=O)(=O)c2cc(CN)oc2Br)c(C)n1. The van der Waals surface area contributed by atoms with E-state index in [4.69, 9.17) is 10.2 Å². The zero-order valence-electron chi connectivity index (χ0n) is 11.0. The molecule has 0 radical (unpaired) electrons. The van der Waals surface area contributed by atoms with Gasteiger partial charge in [-0.05, 0) is 41.9 Å². The number of aromatic nitrogens is 1. The van der Waals surface area contributed by atoms with Gasteiger partial charge in [-0.1, -0.05) is 0 Å². The molecule has 0 atom stereocenters. The minimum atomic E-state index is -3.75. The van der Waals surface area contributed by atoms with E-state index >= 15 is 0 Å². The van der Waals surface area contributed by atoms with Gasteiger partial charge in [-0.25, -0.2) is 8.42 Å². The first-order valence-electron chi connectivity index (χ1n) is 5.79. The van der Waals surface area contributed by atoms with Crippen LogP contribution in [0.5, 0.6) is 0 Å². The molecule has 20 heavy (non-hydrogen) atoms. The molecule has 0 aromatic carbocycles. The Balaban J connectivity index is 2.38. The molecule has 0 saturated carbocycles. The van der Waals surface area contributed by atoms with Crippen molar-refractivity contribution in [2.75, 3.05) is 4.72 Å². The van der Waals surface area contributed by atoms with Crippen molar-refractivity contribution in [2.24, 2.45) is 5.73 Å². The van der Waals surface area contributed by atoms with E-state index in [1.165, 1.54) is 6.07 Å². The number of nitrogens with two attached hydrogens (primary N) is 1. The highest BCUT2D eigenvalue weighted by atomic mass is 79.9. The van der Waals surface area contributed by atoms with Crippen LogP contribution in [0.2, 0.25) is 0 Å². The van der Waals surface area contributed by atoms with Gasteiger partial charge >= 0.3 is 0 Å². The number of rotatable bonds is 4. The molecule has 2 aromatic heterocycles. The van der Waals surface area contributed by atoms with Crippen LogP contribution in [-0.4, -0.2) is 13.4 Å². The lowest BCUT2D eigenvalue weighted by Crippen LogP contribution is -2.14. The van der Waals surface area contributed by atoms with Crippen molar-refractivity contribution in [1.82, 2.24) is 4.98 Å². The number of hydrogen-bond donors (Lipinski definition) is 2. The Morgan fingerprint density at radius 2 is 2.10 bits per heavy atom. The first-order chi connectivity index (χ1) is 9.33. The molecular weight excluding hydrogens is 346 g/mol. The van der Waals surface area contributed by atoms with Gasteiger partial charge < -0.3 is 10.2 Å². The van der Waals surface area contributed by atoms with Gasteiger partial charge in [0, 0.05) is 11.8 Å². The third-order valence-corrected chi connectivity index (χ3v) is 4.89. The number of halogens is 1. The molecule has 108 valence electrons. The van der Waals surface area contributed by atoms with Crippen molar-refractivity contribution in [3.63, 3.8) is 0 Å². The van der Waals surface area contributed by atoms with Crippen LogP contribution in [0.4, 0.5) is 5.69 Å². The van der Waals surface area contributed by atoms with Gasteiger partial charge in [0.2, 0.25) is 0 Å². The second-order valence-electron chi connectivity index (χ2n) is 4.25. The highest BCUT2D eigenvalue weighted by Gasteiger charge is 2.23. The molecule has 2 aromatic rings. The van der Waals surface area contributed by atoms with E-state index in [9.17, 15) is 8.42 Å². The number of nitrogens with zero attached hydrogens (tertiary/aromatic N) is 1. The molecule has 0 fully saturated rings. The van der Waals surface area contributed by atoms with E-state index in [1.807, 2.05) is 6.92 Å². The predicted octanol–water partition coefficient (Wildman–Crippen LogP) is 2.31. The molecule has 0 saturated heterocycles. The summed E-state index contributed by atoms with van der Waals surface area (Å²) in [5.74, 6) is 0.385. The number of aryl methyl sites for hydroxylation is 2. The number of pyridine rings is 1. The number of nitrogens with one attached hydrogen (secondary N) is 1. The summed E-state index contributed by atoms with van der Waals surface area (Å²) in [6.45, 7) is 3.70. The average Bonchev–Trinajstić information content (AvgIpc) is 2.75. The largest absolute Gasteiger partial charge is 0.452 e. The number of sulfonamides is 1. The molecule has 0 spiro atoms. The molecule has 8 heteroatoms. The van der Waals surface area contributed by atoms with E-state index in [0.717, 1.165) is 5.69 Å². The van der Waals surface area contributed by atoms with E-state index in [2.05, 4.69) is 25.6 Å². The second-order valence-corrected chi connectivity index (χ2v) is 6.62. The lowest BCUT2D eigenvalue weighted by Gasteiger charge is -2.09. The first kappa shape index (κ1) is 15.0. The average molecular weight is 360 g/mol. The van der Waals surface area contributed by atoms with Crippen molar-refractivity contribution < 1.29 is 12.8 Å². The summed E-state index contributed by atoms with van der Waals surface area (Å²) in [4.78, 5) is 4.23. The van der Waals surface area contributed by atoms with Crippen LogP contribution < -0.4 is 10.5 Å². The van der Waals surface area contributed by atoms with Gasteiger partial charge in [0.05, 0.1) is 17.9 Å². The Kier molecular flexibility index (Phi) is 4.17. The summed E-state index contributed by atoms with van der Waals surface area (Å²) in [6, 6.07) is 4.80. The Morgan fingerprint density at radius 3 is 2.65 bits per heavy atom. The summed E-state index contributed by atoms with van der Waals surface area (Å²) >= 11 is 3.08. The topological polar surface area (TPSA) is 98.2 Å². The van der Waals surface area contributed by atoms with Crippen LogP contribution in [0.15, 0.2) is 32.2 Å². The summed E-state index contributed by atoms with van der Waals surface area (Å²) in [7, 11) is -3.75. The molecule has 0 unspecified atom stereocenters. The maximum absolute atomic E-state index is 12.3. The molecule has 0 aliphatic rings. The number of anilines is 1. The van der Waals surface area contributed by atoms with Crippen molar-refractivity contribution >= 4 is 31.6 Å². The lowest BCUT2D eigenvalue weighted by molar-refractivity contribution is 0.484. The monoisotopic (exact) mass is 359 g/mol. The fraction of sp³-hybridized carbons (Fsp3) is 0.250. The normalized spacial score (nSPS) is 11.6. The van der Waals surface area contributed by atoms with Crippen molar-refractivity contribution in [3.05, 3.63) is 40.0 Å². The van der Waals surface area contributed by atoms with Crippen LogP contribution in [-0.2, 0) is 16.6 Å². The van der Waals surface area contributed by atoms with Crippen LogP contribution in [0.3, 0.4) is 0 Å². The Hall–Kier alpha value is -1.38. The summed E-state index contributed by atoms with van der Waals surface area (Å²) in [5, 5.41) is 0. The standard InChI is InChI=1S/C12H14BrN3O3S/c1-7-3-4-10(8(2)15-7)16-20(17,18)11-5-9(6-14)19-12(11)13/h3-5,16H,6,14H2,1-2H3. The summed E-state index contributed by atoms with van der Waals surface area (Å²) < 4.78 is 32.4. The van der Waals surface area contributed by atoms with E-state index in [-0.39, 0.29) is 16.1 Å². The van der Waals surface area contributed by atoms with E-state index in [0.29, 0.717) is 17.1 Å². The summed E-state index contributed by atoms with van der Waals surface area (Å²) in [5.41, 5.74) is 7.28. The zero-order valence-corrected chi connectivity index (χ0v) is 13.4. The fourth-order valence-corrected chi connectivity index (χ4v) is 3.79. The highest BCUT2D eigenvalue weighted by molar-refractivity contribution is 9.10. The Labute approximate surface area is 125 Å². The van der Waals surface area contributed by atoms with Crippen LogP contribution in [0.25, 0.3) is 0 Å². The molecule has 2 heterocycles. The molecule has 6 nitrogen and oxygen atoms in total. The highest BCUT2D eigenvalue weighted by Crippen LogP contribution is 2.28. The number of furan rings is 1. The molecule has 2 rings (SSSR count). The zero-order chi connectivity index (χ0) is 14.9. The molecule has 0 aliphatic carbocycles. The third kappa shape index (κ3) is 3.02. The van der Waals surface area contributed by atoms with Gasteiger partial charge in [0.1, 0.15) is 10.7 Å². The van der Waals surface area contributed by atoms with Crippen LogP contribution in [0, 0.1) is 13.8 Å². The van der Waals surface area contributed by atoms with Crippen LogP contribution >= 0.6 is 15.9 Å². The summed E-state index contributed by atoms with van der Waals surface area (Å²) in [6.07, 6.45) is 0. The maximum Gasteiger partial charge on any atom is 0.266 e. The first-order valence-corrected chi connectivity index (χ1v) is 8.06. The van der Waals surface area contributed by atoms with Gasteiger partial charge in [0.15, 0.2) is 4.67 Å². The van der Waals surface area contributed by atoms with Crippen molar-refractivity contribution in [3.8, 4) is 0 Å². The van der Waals surface area contributed by atoms with Crippen molar-refractivity contribution in [1.29, 1.82) is 0 Å². The molecule has 0 amide bonds. The van der Waals surface area contributed by atoms with Crippen molar-refractivity contribution in [2.45, 2.75) is 25.3 Å².